The van der Waals surface area contributed by atoms with E-state index >= 15 is 0 Å². The number of piperazine rings is 1. The van der Waals surface area contributed by atoms with Gasteiger partial charge in [-0.15, -0.1) is 5.10 Å². The largest absolute Gasteiger partial charge is 0.437 e. The smallest absolute Gasteiger partial charge is 0.272 e. The molecule has 182 valence electrons. The summed E-state index contributed by atoms with van der Waals surface area (Å²) in [7, 11) is 0. The summed E-state index contributed by atoms with van der Waals surface area (Å²) in [6.45, 7) is 4.17. The van der Waals surface area contributed by atoms with Crippen LogP contribution in [0.15, 0.2) is 47.3 Å². The highest BCUT2D eigenvalue weighted by atomic mass is 19.1. The summed E-state index contributed by atoms with van der Waals surface area (Å²) in [4.78, 5) is 41.4. The number of aromatic amines is 1. The molecule has 1 aromatic heterocycles. The van der Waals surface area contributed by atoms with Crippen molar-refractivity contribution in [2.24, 2.45) is 0 Å². The molecule has 0 aliphatic carbocycles. The number of rotatable bonds is 4. The lowest BCUT2D eigenvalue weighted by Gasteiger charge is -2.38. The molecule has 35 heavy (non-hydrogen) atoms. The van der Waals surface area contributed by atoms with Gasteiger partial charge in [-0.25, -0.2) is 9.49 Å². The highest BCUT2D eigenvalue weighted by molar-refractivity contribution is 5.95. The first kappa shape index (κ1) is 23.0. The van der Waals surface area contributed by atoms with E-state index in [1.165, 1.54) is 18.2 Å². The van der Waals surface area contributed by atoms with Crippen molar-refractivity contribution in [2.75, 3.05) is 32.7 Å². The van der Waals surface area contributed by atoms with Crippen molar-refractivity contribution in [1.82, 2.24) is 25.3 Å². The van der Waals surface area contributed by atoms with Crippen LogP contribution in [0.4, 0.5) is 4.39 Å². The van der Waals surface area contributed by atoms with Crippen molar-refractivity contribution in [3.63, 3.8) is 0 Å². The predicted octanol–water partition coefficient (Wildman–Crippen LogP) is 2.28. The fourth-order valence-electron chi connectivity index (χ4n) is 4.72. The van der Waals surface area contributed by atoms with Crippen LogP contribution in [0.1, 0.15) is 30.1 Å². The molecular weight excluding hydrogens is 453 g/mol. The molecule has 0 saturated carbocycles. The van der Waals surface area contributed by atoms with Crippen molar-refractivity contribution in [3.05, 3.63) is 64.2 Å². The zero-order valence-electron chi connectivity index (χ0n) is 19.3. The maximum atomic E-state index is 14.6. The van der Waals surface area contributed by atoms with Crippen LogP contribution in [0.25, 0.3) is 10.8 Å². The Morgan fingerprint density at radius 1 is 1.06 bits per heavy atom. The quantitative estimate of drug-likeness (QED) is 0.595. The molecule has 2 saturated heterocycles. The first-order valence-corrected chi connectivity index (χ1v) is 11.6. The summed E-state index contributed by atoms with van der Waals surface area (Å²) < 4.78 is 20.5. The summed E-state index contributed by atoms with van der Waals surface area (Å²) in [6, 6.07) is 10.7. The molecule has 2 aromatic carbocycles. The van der Waals surface area contributed by atoms with Crippen molar-refractivity contribution < 1.29 is 18.7 Å². The summed E-state index contributed by atoms with van der Waals surface area (Å²) in [5, 5.41) is 10.5. The number of carbonyl (C=O) groups excluding carboxylic acids is 2. The second kappa shape index (κ2) is 9.10. The minimum Gasteiger partial charge on any atom is -0.437 e. The van der Waals surface area contributed by atoms with E-state index in [1.807, 2.05) is 6.92 Å². The van der Waals surface area contributed by atoms with Gasteiger partial charge in [0.2, 0.25) is 11.8 Å². The van der Waals surface area contributed by atoms with Crippen molar-refractivity contribution in [3.8, 4) is 11.6 Å². The van der Waals surface area contributed by atoms with E-state index in [4.69, 9.17) is 4.74 Å². The zero-order chi connectivity index (χ0) is 24.6. The third-order valence-electron chi connectivity index (χ3n) is 6.74. The lowest BCUT2D eigenvalue weighted by Crippen LogP contribution is -2.58. The molecule has 0 spiro atoms. The van der Waals surface area contributed by atoms with Crippen molar-refractivity contribution >= 4 is 22.6 Å². The predicted molar refractivity (Wildman–Crippen MR) is 127 cm³/mol. The number of carbonyl (C=O) groups is 2. The van der Waals surface area contributed by atoms with Crippen molar-refractivity contribution in [1.29, 1.82) is 0 Å². The first-order chi connectivity index (χ1) is 16.9. The third-order valence-corrected chi connectivity index (χ3v) is 6.74. The van der Waals surface area contributed by atoms with Gasteiger partial charge >= 0.3 is 0 Å². The number of fused-ring (bicyclic) bond motifs is 1. The summed E-state index contributed by atoms with van der Waals surface area (Å²) in [5.41, 5.74) is -1.03. The molecule has 9 nitrogen and oxygen atoms in total. The highest BCUT2D eigenvalue weighted by Gasteiger charge is 2.40. The maximum Gasteiger partial charge on any atom is 0.272 e. The molecule has 10 heteroatoms. The number of hydrogen-bond donors (Lipinski definition) is 2. The molecule has 2 aliphatic heterocycles. The SMILES string of the molecule is C[C@@]1(C(=O)N2CCN(C(=O)c3cc(Oc4n[nH]c(=O)c5ccccc45)ccc3F)CC2)CCCN1. The summed E-state index contributed by atoms with van der Waals surface area (Å²) in [6.07, 6.45) is 1.76. The Bertz CT molecular complexity index is 1340. The molecule has 2 aliphatic rings. The van der Waals surface area contributed by atoms with E-state index in [9.17, 15) is 18.8 Å². The first-order valence-electron chi connectivity index (χ1n) is 11.6. The van der Waals surface area contributed by atoms with E-state index in [0.717, 1.165) is 19.4 Å². The van der Waals surface area contributed by atoms with Crippen LogP contribution in [0, 0.1) is 5.82 Å². The number of halogens is 1. The number of H-pyrrole nitrogens is 1. The van der Waals surface area contributed by atoms with Gasteiger partial charge in [0.05, 0.1) is 21.9 Å². The molecule has 0 bridgehead atoms. The second-order valence-corrected chi connectivity index (χ2v) is 9.09. The molecule has 3 aromatic rings. The van der Waals surface area contributed by atoms with E-state index < -0.39 is 17.3 Å². The standard InChI is InChI=1S/C25H26FN5O4/c1-25(9-4-10-27-25)24(34)31-13-11-30(12-14-31)23(33)19-15-16(7-8-20(19)26)35-22-18-6-3-2-5-17(18)21(32)28-29-22/h2-3,5-8,15,27H,4,9-14H2,1H3,(H,28,32)/t25-/m0/s1. The summed E-state index contributed by atoms with van der Waals surface area (Å²) >= 11 is 0. The van der Waals surface area contributed by atoms with Gasteiger partial charge < -0.3 is 19.9 Å². The van der Waals surface area contributed by atoms with Gasteiger partial charge in [-0.1, -0.05) is 12.1 Å². The molecule has 2 N–H and O–H groups in total. The van der Waals surface area contributed by atoms with Gasteiger partial charge in [-0.3, -0.25) is 14.4 Å². The average Bonchev–Trinajstić information content (AvgIpc) is 3.34. The summed E-state index contributed by atoms with van der Waals surface area (Å²) in [5.74, 6) is -0.725. The average molecular weight is 480 g/mol. The van der Waals surface area contributed by atoms with Crippen LogP contribution in [-0.2, 0) is 4.79 Å². The zero-order valence-corrected chi connectivity index (χ0v) is 19.3. The molecule has 1 atom stereocenters. The number of hydrogen-bond acceptors (Lipinski definition) is 6. The molecule has 0 unspecified atom stereocenters. The maximum absolute atomic E-state index is 14.6. The lowest BCUT2D eigenvalue weighted by molar-refractivity contribution is -0.138. The van der Waals surface area contributed by atoms with Gasteiger partial charge in [0.15, 0.2) is 0 Å². The number of ether oxygens (including phenoxy) is 1. The second-order valence-electron chi connectivity index (χ2n) is 9.09. The fraction of sp³-hybridized carbons (Fsp3) is 0.360. The molecule has 3 heterocycles. The number of benzene rings is 2. The molecule has 2 amide bonds. The number of nitrogens with zero attached hydrogens (tertiary/aromatic N) is 3. The molecule has 2 fully saturated rings. The van der Waals surface area contributed by atoms with Gasteiger partial charge in [-0.2, -0.15) is 0 Å². The number of aromatic nitrogens is 2. The van der Waals surface area contributed by atoms with Crippen LogP contribution in [0.5, 0.6) is 11.6 Å². The van der Waals surface area contributed by atoms with Crippen LogP contribution >= 0.6 is 0 Å². The Morgan fingerprint density at radius 2 is 1.77 bits per heavy atom. The van der Waals surface area contributed by atoms with Gasteiger partial charge in [-0.05, 0) is 56.6 Å². The Morgan fingerprint density at radius 3 is 2.49 bits per heavy atom. The van der Waals surface area contributed by atoms with E-state index in [1.54, 1.807) is 34.1 Å². The van der Waals surface area contributed by atoms with Crippen LogP contribution in [0.2, 0.25) is 0 Å². The van der Waals surface area contributed by atoms with E-state index in [2.05, 4.69) is 15.5 Å². The van der Waals surface area contributed by atoms with Gasteiger partial charge in [0.1, 0.15) is 11.6 Å². The Balaban J connectivity index is 1.31. The van der Waals surface area contributed by atoms with Gasteiger partial charge in [0, 0.05) is 26.2 Å². The normalized spacial score (nSPS) is 20.3. The monoisotopic (exact) mass is 479 g/mol. The Kier molecular flexibility index (Phi) is 5.98. The van der Waals surface area contributed by atoms with Crippen LogP contribution < -0.4 is 15.6 Å². The highest BCUT2D eigenvalue weighted by Crippen LogP contribution is 2.28. The van der Waals surface area contributed by atoms with E-state index in [-0.39, 0.29) is 28.7 Å². The van der Waals surface area contributed by atoms with Crippen molar-refractivity contribution in [2.45, 2.75) is 25.3 Å². The van der Waals surface area contributed by atoms with Gasteiger partial charge in [0.25, 0.3) is 11.5 Å². The minimum absolute atomic E-state index is 0.0457. The Hall–Kier alpha value is -3.79. The van der Waals surface area contributed by atoms with Crippen LogP contribution in [-0.4, -0.2) is 70.1 Å². The number of amides is 2. The Labute approximate surface area is 200 Å². The molecular formula is C25H26FN5O4. The lowest BCUT2D eigenvalue weighted by atomic mass is 9.98. The van der Waals surface area contributed by atoms with E-state index in [0.29, 0.717) is 37.0 Å². The number of nitrogens with one attached hydrogen (secondary N) is 2. The van der Waals surface area contributed by atoms with Crippen LogP contribution in [0.3, 0.4) is 0 Å². The fourth-order valence-corrected chi connectivity index (χ4v) is 4.72. The molecule has 0 radical (unpaired) electrons. The topological polar surface area (TPSA) is 108 Å². The minimum atomic E-state index is -0.664. The molecule has 5 rings (SSSR count). The third kappa shape index (κ3) is 4.37.